The van der Waals surface area contributed by atoms with E-state index in [0.29, 0.717) is 16.9 Å². The van der Waals surface area contributed by atoms with Gasteiger partial charge in [0.2, 0.25) is 11.2 Å². The van der Waals surface area contributed by atoms with Crippen LogP contribution in [0.4, 0.5) is 0 Å². The van der Waals surface area contributed by atoms with E-state index in [-0.39, 0.29) is 44.8 Å². The molecule has 0 aliphatic rings. The highest BCUT2D eigenvalue weighted by atomic mass is 16.3. The first-order valence-corrected chi connectivity index (χ1v) is 11.7. The molecule has 0 unspecified atom stereocenters. The van der Waals surface area contributed by atoms with Crippen molar-refractivity contribution in [2.75, 3.05) is 0 Å². The molecule has 2 heterocycles. The summed E-state index contributed by atoms with van der Waals surface area (Å²) in [5.41, 5.74) is 0.717. The van der Waals surface area contributed by atoms with Crippen LogP contribution < -0.4 is 10.9 Å². The van der Waals surface area contributed by atoms with E-state index in [1.54, 1.807) is 36.4 Å². The van der Waals surface area contributed by atoms with Gasteiger partial charge < -0.3 is 39.5 Å². The van der Waals surface area contributed by atoms with E-state index in [4.69, 9.17) is 8.83 Å². The minimum absolute atomic E-state index is 0.00385. The monoisotopic (exact) mass is 540 g/mol. The molecule has 0 bridgehead atoms. The lowest BCUT2D eigenvalue weighted by molar-refractivity contribution is 0.370. The van der Waals surface area contributed by atoms with Crippen molar-refractivity contribution in [1.29, 1.82) is 0 Å². The van der Waals surface area contributed by atoms with Crippen LogP contribution in [0.25, 0.3) is 44.4 Å². The Morgan fingerprint density at radius 3 is 1.98 bits per heavy atom. The first-order valence-electron chi connectivity index (χ1n) is 11.7. The Morgan fingerprint density at radius 1 is 0.575 bits per heavy atom. The molecule has 6 rings (SSSR count). The fraction of sp³-hybridized carbons (Fsp3) is 0. The van der Waals surface area contributed by atoms with Gasteiger partial charge in [-0.15, -0.1) is 0 Å². The molecule has 0 radical (unpaired) electrons. The SMILES string of the molecule is O=c1c(-c2ccc(O)cc2)coc2cc(O)cc(O)c12.O=c1cc(-c2ccccc2)oc2cc(O)c(O)c(O)c12. The number of rotatable bonds is 2. The molecule has 200 valence electrons. The van der Waals surface area contributed by atoms with Gasteiger partial charge in [-0.3, -0.25) is 9.59 Å². The summed E-state index contributed by atoms with van der Waals surface area (Å²) in [4.78, 5) is 24.4. The Bertz CT molecular complexity index is 1990. The summed E-state index contributed by atoms with van der Waals surface area (Å²) in [6.45, 7) is 0. The zero-order valence-corrected chi connectivity index (χ0v) is 20.4. The van der Waals surface area contributed by atoms with Crippen LogP contribution in [0.5, 0.6) is 34.5 Å². The lowest BCUT2D eigenvalue weighted by atomic mass is 10.0. The van der Waals surface area contributed by atoms with Crippen molar-refractivity contribution in [3.8, 4) is 56.9 Å². The van der Waals surface area contributed by atoms with Gasteiger partial charge in [-0.1, -0.05) is 42.5 Å². The van der Waals surface area contributed by atoms with Gasteiger partial charge in [0.25, 0.3) is 0 Å². The summed E-state index contributed by atoms with van der Waals surface area (Å²) in [5, 5.41) is 56.9. The fourth-order valence-electron chi connectivity index (χ4n) is 4.08. The number of aromatic hydroxyl groups is 6. The standard InChI is InChI=1S/2C15H10O5/c16-9-3-1-8(2-4-9)11-7-20-13-6-10(17)5-12(18)14(13)15(11)19;16-9-6-11(8-4-2-1-3-5-8)20-12-7-10(17)14(18)15(19)13(9)12/h1-7,16-18H;1-7,17-19H. The molecule has 40 heavy (non-hydrogen) atoms. The predicted molar refractivity (Wildman–Crippen MR) is 146 cm³/mol. The minimum Gasteiger partial charge on any atom is -0.508 e. The number of phenolic OH excluding ortho intramolecular Hbond substituents is 6. The Kier molecular flexibility index (Phi) is 6.50. The first kappa shape index (κ1) is 25.7. The quantitative estimate of drug-likeness (QED) is 0.161. The van der Waals surface area contributed by atoms with Crippen molar-refractivity contribution >= 4 is 21.9 Å². The topological polar surface area (TPSA) is 182 Å². The van der Waals surface area contributed by atoms with Crippen molar-refractivity contribution in [1.82, 2.24) is 0 Å². The van der Waals surface area contributed by atoms with Crippen LogP contribution in [0.15, 0.2) is 104 Å². The van der Waals surface area contributed by atoms with Crippen LogP contribution >= 0.6 is 0 Å². The number of phenols is 6. The molecule has 2 aromatic heterocycles. The van der Waals surface area contributed by atoms with Crippen LogP contribution in [-0.4, -0.2) is 30.6 Å². The molecular formula is C30H20O10. The Hall–Kier alpha value is -5.90. The highest BCUT2D eigenvalue weighted by molar-refractivity contribution is 5.89. The molecular weight excluding hydrogens is 520 g/mol. The maximum absolute atomic E-state index is 12.4. The molecule has 0 aliphatic carbocycles. The predicted octanol–water partition coefficient (Wildman–Crippen LogP) is 5.15. The average molecular weight is 540 g/mol. The van der Waals surface area contributed by atoms with E-state index in [9.17, 15) is 40.2 Å². The molecule has 6 aromatic rings. The van der Waals surface area contributed by atoms with Gasteiger partial charge >= 0.3 is 0 Å². The Labute approximate surface area is 224 Å². The molecule has 0 amide bonds. The van der Waals surface area contributed by atoms with Gasteiger partial charge in [0, 0.05) is 29.8 Å². The van der Waals surface area contributed by atoms with Crippen LogP contribution in [0.1, 0.15) is 0 Å². The molecule has 0 saturated heterocycles. The van der Waals surface area contributed by atoms with Crippen molar-refractivity contribution in [3.05, 3.63) is 106 Å². The van der Waals surface area contributed by atoms with Crippen molar-refractivity contribution in [2.24, 2.45) is 0 Å². The zero-order valence-electron chi connectivity index (χ0n) is 20.4. The van der Waals surface area contributed by atoms with Gasteiger partial charge in [-0.25, -0.2) is 0 Å². The highest BCUT2D eigenvalue weighted by Gasteiger charge is 2.17. The minimum atomic E-state index is -0.739. The molecule has 10 nitrogen and oxygen atoms in total. The number of benzene rings is 4. The summed E-state index contributed by atoms with van der Waals surface area (Å²) in [6, 6.07) is 19.7. The lowest BCUT2D eigenvalue weighted by Crippen LogP contribution is -2.04. The lowest BCUT2D eigenvalue weighted by Gasteiger charge is -2.06. The number of hydrogen-bond acceptors (Lipinski definition) is 10. The normalized spacial score (nSPS) is 10.8. The second kappa shape index (κ2) is 10.1. The largest absolute Gasteiger partial charge is 0.508 e. The number of fused-ring (bicyclic) bond motifs is 2. The maximum atomic E-state index is 12.4. The molecule has 4 aromatic carbocycles. The second-order valence-electron chi connectivity index (χ2n) is 8.67. The Morgan fingerprint density at radius 2 is 1.27 bits per heavy atom. The van der Waals surface area contributed by atoms with Crippen LogP contribution in [-0.2, 0) is 0 Å². The maximum Gasteiger partial charge on any atom is 0.204 e. The van der Waals surface area contributed by atoms with E-state index in [1.165, 1.54) is 30.5 Å². The van der Waals surface area contributed by atoms with Crippen molar-refractivity contribution in [3.63, 3.8) is 0 Å². The second-order valence-corrected chi connectivity index (χ2v) is 8.67. The van der Waals surface area contributed by atoms with Gasteiger partial charge in [0.1, 0.15) is 51.2 Å². The molecule has 0 fully saturated rings. The van der Waals surface area contributed by atoms with Gasteiger partial charge in [0.15, 0.2) is 16.9 Å². The zero-order chi connectivity index (χ0) is 28.6. The highest BCUT2D eigenvalue weighted by Crippen LogP contribution is 2.40. The summed E-state index contributed by atoms with van der Waals surface area (Å²) < 4.78 is 10.8. The first-order chi connectivity index (χ1) is 19.1. The third kappa shape index (κ3) is 4.72. The van der Waals surface area contributed by atoms with E-state index in [2.05, 4.69) is 0 Å². The average Bonchev–Trinajstić information content (AvgIpc) is 2.93. The summed E-state index contributed by atoms with van der Waals surface area (Å²) >= 11 is 0. The van der Waals surface area contributed by atoms with Crippen LogP contribution in [0.3, 0.4) is 0 Å². The van der Waals surface area contributed by atoms with E-state index >= 15 is 0 Å². The van der Waals surface area contributed by atoms with Crippen molar-refractivity contribution in [2.45, 2.75) is 0 Å². The van der Waals surface area contributed by atoms with E-state index in [1.807, 2.05) is 6.07 Å². The van der Waals surface area contributed by atoms with Crippen LogP contribution in [0.2, 0.25) is 0 Å². The Balaban J connectivity index is 0.000000161. The molecule has 6 N–H and O–H groups in total. The van der Waals surface area contributed by atoms with E-state index in [0.717, 1.165) is 12.1 Å². The molecule has 0 atom stereocenters. The fourth-order valence-corrected chi connectivity index (χ4v) is 4.08. The van der Waals surface area contributed by atoms with Crippen LogP contribution in [0, 0.1) is 0 Å². The smallest absolute Gasteiger partial charge is 0.204 e. The van der Waals surface area contributed by atoms with Gasteiger partial charge in [-0.2, -0.15) is 0 Å². The third-order valence-corrected chi connectivity index (χ3v) is 6.02. The molecule has 10 heteroatoms. The molecule has 0 aliphatic heterocycles. The number of hydrogen-bond donors (Lipinski definition) is 6. The molecule has 0 saturated carbocycles. The summed E-state index contributed by atoms with van der Waals surface area (Å²) in [7, 11) is 0. The van der Waals surface area contributed by atoms with Gasteiger partial charge in [0.05, 0.1) is 5.56 Å². The van der Waals surface area contributed by atoms with Crippen molar-refractivity contribution < 1.29 is 39.5 Å². The molecule has 0 spiro atoms. The summed E-state index contributed by atoms with van der Waals surface area (Å²) in [5.74, 6) is -2.10. The van der Waals surface area contributed by atoms with E-state index < -0.39 is 28.1 Å². The van der Waals surface area contributed by atoms with Gasteiger partial charge in [-0.05, 0) is 17.7 Å². The third-order valence-electron chi connectivity index (χ3n) is 6.02. The summed E-state index contributed by atoms with van der Waals surface area (Å²) in [6.07, 6.45) is 1.26.